The molecule has 1 amide bonds. The summed E-state index contributed by atoms with van der Waals surface area (Å²) < 4.78 is 35.9. The third-order valence-corrected chi connectivity index (χ3v) is 5.79. The van der Waals surface area contributed by atoms with Crippen LogP contribution in [0.2, 0.25) is 5.02 Å². The summed E-state index contributed by atoms with van der Waals surface area (Å²) in [5, 5.41) is 3.38. The largest absolute Gasteiger partial charge is 0.493 e. The maximum absolute atomic E-state index is 12.5. The van der Waals surface area contributed by atoms with Crippen LogP contribution in [0.1, 0.15) is 24.1 Å². The van der Waals surface area contributed by atoms with Crippen molar-refractivity contribution < 1.29 is 22.7 Å². The molecule has 29 heavy (non-hydrogen) atoms. The summed E-state index contributed by atoms with van der Waals surface area (Å²) in [5.41, 5.74) is 1.54. The van der Waals surface area contributed by atoms with Crippen molar-refractivity contribution in [2.75, 3.05) is 27.0 Å². The van der Waals surface area contributed by atoms with E-state index in [4.69, 9.17) is 21.1 Å². The van der Waals surface area contributed by atoms with E-state index < -0.39 is 15.9 Å². The predicted octanol–water partition coefficient (Wildman–Crippen LogP) is 3.00. The Labute approximate surface area is 176 Å². The third kappa shape index (κ3) is 6.62. The van der Waals surface area contributed by atoms with E-state index in [1.54, 1.807) is 43.5 Å². The molecule has 7 nitrogen and oxygen atoms in total. The average Bonchev–Trinajstić information content (AvgIpc) is 2.67. The number of sulfonamides is 1. The highest BCUT2D eigenvalue weighted by Crippen LogP contribution is 2.29. The molecule has 158 valence electrons. The van der Waals surface area contributed by atoms with Gasteiger partial charge >= 0.3 is 0 Å². The molecule has 0 aliphatic carbocycles. The number of methoxy groups -OCH3 is 2. The Morgan fingerprint density at radius 1 is 1.10 bits per heavy atom. The number of halogens is 1. The number of amides is 1. The minimum atomic E-state index is -3.59. The standard InChI is InChI=1S/C20H25ClN2O5S/c1-14(16-7-10-18(27-2)19(11-16)28-3)22-20(24)13-23(29(4,25)26)12-15-5-8-17(21)9-6-15/h5-11,14H,12-13H2,1-4H3,(H,22,24). The number of nitrogens with one attached hydrogen (secondary N) is 1. The SMILES string of the molecule is COc1ccc(C(C)NC(=O)CN(Cc2ccc(Cl)cc2)S(C)(=O)=O)cc1OC. The first-order chi connectivity index (χ1) is 13.6. The minimum Gasteiger partial charge on any atom is -0.493 e. The molecule has 2 aromatic carbocycles. The number of ether oxygens (including phenoxy) is 2. The highest BCUT2D eigenvalue weighted by atomic mass is 35.5. The minimum absolute atomic E-state index is 0.0775. The monoisotopic (exact) mass is 440 g/mol. The fourth-order valence-electron chi connectivity index (χ4n) is 2.74. The zero-order valence-corrected chi connectivity index (χ0v) is 18.4. The molecule has 1 N–H and O–H groups in total. The van der Waals surface area contributed by atoms with Gasteiger partial charge in [-0.25, -0.2) is 8.42 Å². The molecule has 9 heteroatoms. The summed E-state index contributed by atoms with van der Waals surface area (Å²) in [5.74, 6) is 0.722. The number of carbonyl (C=O) groups is 1. The zero-order chi connectivity index (χ0) is 21.6. The summed E-state index contributed by atoms with van der Waals surface area (Å²) in [4.78, 5) is 12.5. The smallest absolute Gasteiger partial charge is 0.235 e. The van der Waals surface area contributed by atoms with Crippen LogP contribution < -0.4 is 14.8 Å². The van der Waals surface area contributed by atoms with Gasteiger partial charge in [-0.2, -0.15) is 4.31 Å². The first-order valence-corrected chi connectivity index (χ1v) is 11.1. The first-order valence-electron chi connectivity index (χ1n) is 8.85. The van der Waals surface area contributed by atoms with E-state index in [0.717, 1.165) is 21.7 Å². The first kappa shape index (κ1) is 23.0. The zero-order valence-electron chi connectivity index (χ0n) is 16.8. The lowest BCUT2D eigenvalue weighted by Crippen LogP contribution is -2.40. The van der Waals surface area contributed by atoms with Crippen LogP contribution in [0.3, 0.4) is 0 Å². The Bertz CT molecular complexity index is 948. The van der Waals surface area contributed by atoms with Gasteiger partial charge in [0.05, 0.1) is 33.1 Å². The molecule has 0 fully saturated rings. The van der Waals surface area contributed by atoms with Crippen LogP contribution in [0.5, 0.6) is 11.5 Å². The second kappa shape index (κ2) is 9.96. The van der Waals surface area contributed by atoms with Crippen LogP contribution in [0.25, 0.3) is 0 Å². The normalized spacial score (nSPS) is 12.5. The van der Waals surface area contributed by atoms with Crippen molar-refractivity contribution in [1.29, 1.82) is 0 Å². The molecule has 0 aliphatic rings. The van der Waals surface area contributed by atoms with Crippen LogP contribution in [-0.2, 0) is 21.4 Å². The fraction of sp³-hybridized carbons (Fsp3) is 0.350. The van der Waals surface area contributed by atoms with Crippen molar-refractivity contribution in [3.05, 3.63) is 58.6 Å². The molecule has 2 aromatic rings. The van der Waals surface area contributed by atoms with E-state index in [0.29, 0.717) is 16.5 Å². The number of nitrogens with zero attached hydrogens (tertiary/aromatic N) is 1. The van der Waals surface area contributed by atoms with Crippen LogP contribution in [-0.4, -0.2) is 45.7 Å². The summed E-state index contributed by atoms with van der Waals surface area (Å²) in [7, 11) is -0.507. The fourth-order valence-corrected chi connectivity index (χ4v) is 3.60. The van der Waals surface area contributed by atoms with Crippen molar-refractivity contribution in [3.8, 4) is 11.5 Å². The van der Waals surface area contributed by atoms with Crippen molar-refractivity contribution in [2.24, 2.45) is 0 Å². The molecule has 0 aromatic heterocycles. The molecule has 2 rings (SSSR count). The van der Waals surface area contributed by atoms with E-state index in [-0.39, 0.29) is 19.1 Å². The molecule has 1 unspecified atom stereocenters. The molecular formula is C20H25ClN2O5S. The molecule has 1 atom stereocenters. The second-order valence-electron chi connectivity index (χ2n) is 6.56. The Morgan fingerprint density at radius 3 is 2.28 bits per heavy atom. The van der Waals surface area contributed by atoms with Gasteiger partial charge in [-0.05, 0) is 42.3 Å². The lowest BCUT2D eigenvalue weighted by atomic mass is 10.1. The Kier molecular flexibility index (Phi) is 7.89. The summed E-state index contributed by atoms with van der Waals surface area (Å²) in [6, 6.07) is 11.8. The van der Waals surface area contributed by atoms with Crippen LogP contribution in [0, 0.1) is 0 Å². The number of benzene rings is 2. The van der Waals surface area contributed by atoms with E-state index in [1.807, 2.05) is 13.0 Å². The second-order valence-corrected chi connectivity index (χ2v) is 8.98. The Hall–Kier alpha value is -2.29. The van der Waals surface area contributed by atoms with Crippen LogP contribution in [0.4, 0.5) is 0 Å². The molecule has 0 bridgehead atoms. The van der Waals surface area contributed by atoms with Crippen molar-refractivity contribution in [2.45, 2.75) is 19.5 Å². The molecule has 0 aliphatic heterocycles. The summed E-state index contributed by atoms with van der Waals surface area (Å²) in [6.07, 6.45) is 1.08. The topological polar surface area (TPSA) is 84.9 Å². The van der Waals surface area contributed by atoms with Gasteiger partial charge in [0.15, 0.2) is 11.5 Å². The molecule has 0 spiro atoms. The maximum atomic E-state index is 12.5. The van der Waals surface area contributed by atoms with Crippen LogP contribution >= 0.6 is 11.6 Å². The van der Waals surface area contributed by atoms with Gasteiger partial charge in [-0.1, -0.05) is 29.8 Å². The van der Waals surface area contributed by atoms with Gasteiger partial charge in [-0.15, -0.1) is 0 Å². The summed E-state index contributed by atoms with van der Waals surface area (Å²) >= 11 is 5.87. The lowest BCUT2D eigenvalue weighted by molar-refractivity contribution is -0.122. The van der Waals surface area contributed by atoms with Gasteiger partial charge in [0.25, 0.3) is 0 Å². The van der Waals surface area contributed by atoms with Crippen LogP contribution in [0.15, 0.2) is 42.5 Å². The van der Waals surface area contributed by atoms with E-state index in [9.17, 15) is 13.2 Å². The number of rotatable bonds is 9. The molecule has 0 radical (unpaired) electrons. The number of carbonyl (C=O) groups excluding carboxylic acids is 1. The highest BCUT2D eigenvalue weighted by molar-refractivity contribution is 7.88. The molecule has 0 heterocycles. The van der Waals surface area contributed by atoms with E-state index in [2.05, 4.69) is 5.32 Å². The quantitative estimate of drug-likeness (QED) is 0.647. The third-order valence-electron chi connectivity index (χ3n) is 4.35. The highest BCUT2D eigenvalue weighted by Gasteiger charge is 2.22. The average molecular weight is 441 g/mol. The van der Waals surface area contributed by atoms with Gasteiger partial charge < -0.3 is 14.8 Å². The van der Waals surface area contributed by atoms with Crippen molar-refractivity contribution in [3.63, 3.8) is 0 Å². The Morgan fingerprint density at radius 2 is 1.72 bits per heavy atom. The summed E-state index contributed by atoms with van der Waals surface area (Å²) in [6.45, 7) is 1.59. The molecule has 0 saturated carbocycles. The van der Waals surface area contributed by atoms with Crippen molar-refractivity contribution in [1.82, 2.24) is 9.62 Å². The molecular weight excluding hydrogens is 416 g/mol. The van der Waals surface area contributed by atoms with E-state index >= 15 is 0 Å². The van der Waals surface area contributed by atoms with Gasteiger partial charge in [-0.3, -0.25) is 4.79 Å². The van der Waals surface area contributed by atoms with E-state index in [1.165, 1.54) is 7.11 Å². The number of hydrogen-bond donors (Lipinski definition) is 1. The maximum Gasteiger partial charge on any atom is 0.235 e. The van der Waals surface area contributed by atoms with Crippen molar-refractivity contribution >= 4 is 27.5 Å². The Balaban J connectivity index is 2.08. The molecule has 0 saturated heterocycles. The van der Waals surface area contributed by atoms with Gasteiger partial charge in [0.1, 0.15) is 0 Å². The van der Waals surface area contributed by atoms with Gasteiger partial charge in [0.2, 0.25) is 15.9 Å². The number of hydrogen-bond acceptors (Lipinski definition) is 5. The van der Waals surface area contributed by atoms with Gasteiger partial charge in [0, 0.05) is 11.6 Å². The lowest BCUT2D eigenvalue weighted by Gasteiger charge is -2.22. The predicted molar refractivity (Wildman–Crippen MR) is 113 cm³/mol.